The molecular formula is C17H24ClN9O2. The van der Waals surface area contributed by atoms with Crippen LogP contribution in [-0.4, -0.2) is 54.1 Å². The number of rotatable bonds is 11. The van der Waals surface area contributed by atoms with Gasteiger partial charge in [0.1, 0.15) is 5.69 Å². The van der Waals surface area contributed by atoms with Gasteiger partial charge in [-0.25, -0.2) is 4.98 Å². The summed E-state index contributed by atoms with van der Waals surface area (Å²) in [6.07, 6.45) is 5.94. The highest BCUT2D eigenvalue weighted by Gasteiger charge is 2.16. The summed E-state index contributed by atoms with van der Waals surface area (Å²) in [4.78, 5) is 23.6. The van der Waals surface area contributed by atoms with E-state index in [1.807, 2.05) is 0 Å². The van der Waals surface area contributed by atoms with Crippen molar-refractivity contribution in [3.63, 3.8) is 0 Å². The number of carbonyl (C=O) groups excluding carboxylic acids is 1. The summed E-state index contributed by atoms with van der Waals surface area (Å²) in [5.74, 6) is 1.18. The van der Waals surface area contributed by atoms with Crippen LogP contribution in [0, 0.1) is 0 Å². The van der Waals surface area contributed by atoms with Crippen molar-refractivity contribution in [3.8, 4) is 11.6 Å². The van der Waals surface area contributed by atoms with Crippen molar-refractivity contribution in [2.75, 3.05) is 18.4 Å². The Bertz CT molecular complexity index is 933. The fourth-order valence-corrected chi connectivity index (χ4v) is 2.80. The first kappa shape index (κ1) is 20.8. The molecule has 0 atom stereocenters. The number of nitrogens with zero attached hydrogens (tertiary/aromatic N) is 6. The number of halogens is 1. The molecule has 3 N–H and O–H groups in total. The molecule has 1 amide bonds. The lowest BCUT2D eigenvalue weighted by atomic mass is 10.2. The number of nitrogens with one attached hydrogen (secondary N) is 3. The Morgan fingerprint density at radius 1 is 1.28 bits per heavy atom. The maximum atomic E-state index is 12.4. The van der Waals surface area contributed by atoms with E-state index >= 15 is 0 Å². The van der Waals surface area contributed by atoms with Crippen LogP contribution < -0.4 is 10.6 Å². The minimum atomic E-state index is -0.243. The molecule has 29 heavy (non-hydrogen) atoms. The highest BCUT2D eigenvalue weighted by atomic mass is 35.5. The maximum absolute atomic E-state index is 12.4. The van der Waals surface area contributed by atoms with E-state index in [0.29, 0.717) is 41.9 Å². The molecule has 0 aliphatic rings. The van der Waals surface area contributed by atoms with Gasteiger partial charge in [-0.2, -0.15) is 4.98 Å². The Balaban J connectivity index is 1.41. The highest BCUT2D eigenvalue weighted by molar-refractivity contribution is 6.28. The number of H-pyrrole nitrogens is 1. The van der Waals surface area contributed by atoms with Crippen LogP contribution in [0.25, 0.3) is 11.6 Å². The van der Waals surface area contributed by atoms with Crippen LogP contribution in [0.15, 0.2) is 10.7 Å². The van der Waals surface area contributed by atoms with Crippen LogP contribution in [0.2, 0.25) is 5.28 Å². The minimum absolute atomic E-state index is 0.185. The normalized spacial score (nSPS) is 11.0. The van der Waals surface area contributed by atoms with Gasteiger partial charge in [0.05, 0.1) is 6.20 Å². The van der Waals surface area contributed by atoms with E-state index in [1.54, 1.807) is 17.9 Å². The Morgan fingerprint density at radius 3 is 2.90 bits per heavy atom. The van der Waals surface area contributed by atoms with Crippen molar-refractivity contribution in [1.82, 2.24) is 40.4 Å². The number of hydrogen-bond acceptors (Lipinski definition) is 8. The van der Waals surface area contributed by atoms with Crippen LogP contribution in [0.1, 0.15) is 48.9 Å². The third-order valence-electron chi connectivity index (χ3n) is 4.13. The van der Waals surface area contributed by atoms with E-state index in [-0.39, 0.29) is 11.2 Å². The largest absolute Gasteiger partial charge is 0.368 e. The summed E-state index contributed by atoms with van der Waals surface area (Å²) < 4.78 is 6.76. The highest BCUT2D eigenvalue weighted by Crippen LogP contribution is 2.16. The molecule has 0 aromatic carbocycles. The summed E-state index contributed by atoms with van der Waals surface area (Å²) in [6.45, 7) is 3.34. The number of aryl methyl sites for hydroxylation is 2. The van der Waals surface area contributed by atoms with E-state index < -0.39 is 0 Å². The second-order valence-corrected chi connectivity index (χ2v) is 6.90. The first-order valence-electron chi connectivity index (χ1n) is 9.53. The van der Waals surface area contributed by atoms with Crippen LogP contribution >= 0.6 is 11.6 Å². The monoisotopic (exact) mass is 421 g/mol. The predicted octanol–water partition coefficient (Wildman–Crippen LogP) is 2.21. The summed E-state index contributed by atoms with van der Waals surface area (Å²) in [6, 6.07) is 0. The molecule has 3 heterocycles. The number of anilines is 1. The second kappa shape index (κ2) is 10.0. The van der Waals surface area contributed by atoms with Crippen molar-refractivity contribution < 1.29 is 9.32 Å². The zero-order valence-corrected chi connectivity index (χ0v) is 17.2. The Kier molecular flexibility index (Phi) is 7.17. The Morgan fingerprint density at radius 2 is 2.14 bits per heavy atom. The molecule has 3 rings (SSSR count). The Hall–Kier alpha value is -2.95. The summed E-state index contributed by atoms with van der Waals surface area (Å²) in [5.41, 5.74) is 0.887. The molecule has 0 aliphatic heterocycles. The van der Waals surface area contributed by atoms with Gasteiger partial charge in [-0.15, -0.1) is 5.10 Å². The fourth-order valence-electron chi connectivity index (χ4n) is 2.62. The summed E-state index contributed by atoms with van der Waals surface area (Å²) in [7, 11) is 1.77. The van der Waals surface area contributed by atoms with E-state index in [9.17, 15) is 4.79 Å². The average molecular weight is 422 g/mol. The molecule has 0 fully saturated rings. The first-order valence-corrected chi connectivity index (χ1v) is 9.91. The zero-order chi connectivity index (χ0) is 20.6. The first-order chi connectivity index (χ1) is 14.1. The average Bonchev–Trinajstić information content (AvgIpc) is 3.41. The SMILES string of the molecule is CCCCNc1nc(Cl)[nH]c1C(=O)NCCCCc1noc(-c2cn(C)nn2)n1. The van der Waals surface area contributed by atoms with Gasteiger partial charge in [0.2, 0.25) is 5.28 Å². The quantitative estimate of drug-likeness (QED) is 0.400. The number of carbonyl (C=O) groups is 1. The van der Waals surface area contributed by atoms with Gasteiger partial charge >= 0.3 is 0 Å². The number of hydrogen-bond donors (Lipinski definition) is 3. The van der Waals surface area contributed by atoms with Gasteiger partial charge in [0, 0.05) is 26.6 Å². The lowest BCUT2D eigenvalue weighted by Crippen LogP contribution is -2.26. The van der Waals surface area contributed by atoms with Gasteiger partial charge in [-0.1, -0.05) is 23.7 Å². The van der Waals surface area contributed by atoms with Crippen molar-refractivity contribution in [1.29, 1.82) is 0 Å². The van der Waals surface area contributed by atoms with Gasteiger partial charge < -0.3 is 20.1 Å². The number of imidazole rings is 1. The van der Waals surface area contributed by atoms with Gasteiger partial charge in [0.25, 0.3) is 11.8 Å². The third-order valence-corrected chi connectivity index (χ3v) is 4.31. The van der Waals surface area contributed by atoms with E-state index in [4.69, 9.17) is 16.1 Å². The van der Waals surface area contributed by atoms with E-state index in [0.717, 1.165) is 32.2 Å². The molecular weight excluding hydrogens is 398 g/mol. The second-order valence-electron chi connectivity index (χ2n) is 6.54. The maximum Gasteiger partial charge on any atom is 0.280 e. The molecule has 0 aliphatic carbocycles. The number of unbranched alkanes of at least 4 members (excludes halogenated alkanes) is 2. The minimum Gasteiger partial charge on any atom is -0.368 e. The van der Waals surface area contributed by atoms with Gasteiger partial charge in [0.15, 0.2) is 17.3 Å². The predicted molar refractivity (Wildman–Crippen MR) is 107 cm³/mol. The lowest BCUT2D eigenvalue weighted by Gasteiger charge is -2.06. The van der Waals surface area contributed by atoms with Crippen molar-refractivity contribution in [2.45, 2.75) is 39.0 Å². The molecule has 3 aromatic heterocycles. The smallest absolute Gasteiger partial charge is 0.280 e. The Labute approximate surface area is 172 Å². The number of aromatic amines is 1. The number of aromatic nitrogens is 7. The van der Waals surface area contributed by atoms with Crippen molar-refractivity contribution >= 4 is 23.3 Å². The fraction of sp³-hybridized carbons (Fsp3) is 0.529. The third kappa shape index (κ3) is 5.76. The molecule has 0 spiro atoms. The molecule has 3 aromatic rings. The lowest BCUT2D eigenvalue weighted by molar-refractivity contribution is 0.0949. The standard InChI is InChI=1S/C17H24ClN9O2/c1-3-4-8-19-14-13(22-17(18)23-14)15(28)20-9-6-5-7-12-21-16(29-25-12)11-10-27(2)26-24-11/h10,19H,3-9H2,1-2H3,(H,20,28)(H,22,23). The van der Waals surface area contributed by atoms with E-state index in [2.05, 4.69) is 48.0 Å². The summed E-state index contributed by atoms with van der Waals surface area (Å²) >= 11 is 5.90. The van der Waals surface area contributed by atoms with Crippen LogP contribution in [0.4, 0.5) is 5.82 Å². The molecule has 0 radical (unpaired) electrons. The van der Waals surface area contributed by atoms with Gasteiger partial charge in [-0.3, -0.25) is 9.48 Å². The van der Waals surface area contributed by atoms with Gasteiger partial charge in [-0.05, 0) is 30.9 Å². The molecule has 0 saturated heterocycles. The van der Waals surface area contributed by atoms with E-state index in [1.165, 1.54) is 0 Å². The molecule has 11 nitrogen and oxygen atoms in total. The zero-order valence-electron chi connectivity index (χ0n) is 16.4. The topological polar surface area (TPSA) is 139 Å². The number of amides is 1. The van der Waals surface area contributed by atoms with Crippen molar-refractivity contribution in [2.24, 2.45) is 7.05 Å². The van der Waals surface area contributed by atoms with Crippen molar-refractivity contribution in [3.05, 3.63) is 23.0 Å². The molecule has 0 unspecified atom stereocenters. The molecule has 12 heteroatoms. The summed E-state index contributed by atoms with van der Waals surface area (Å²) in [5, 5.41) is 17.9. The van der Waals surface area contributed by atoms with Crippen LogP contribution in [0.3, 0.4) is 0 Å². The molecule has 0 saturated carbocycles. The van der Waals surface area contributed by atoms with Crippen LogP contribution in [-0.2, 0) is 13.5 Å². The molecule has 156 valence electrons. The van der Waals surface area contributed by atoms with Crippen LogP contribution in [0.5, 0.6) is 0 Å². The molecule has 0 bridgehead atoms.